The summed E-state index contributed by atoms with van der Waals surface area (Å²) in [4.78, 5) is 12.4. The minimum absolute atomic E-state index is 0.0736. The summed E-state index contributed by atoms with van der Waals surface area (Å²) in [6.45, 7) is 4.28. The average molecular weight is 840 g/mol. The summed E-state index contributed by atoms with van der Waals surface area (Å²) >= 11 is 0. The number of carbonyl (C=O) groups is 1. The molecule has 0 rings (SSSR count). The lowest BCUT2D eigenvalue weighted by atomic mass is 10.0. The van der Waals surface area contributed by atoms with Crippen molar-refractivity contribution < 1.29 is 15.0 Å². The van der Waals surface area contributed by atoms with Gasteiger partial charge < -0.3 is 15.5 Å². The van der Waals surface area contributed by atoms with Crippen LogP contribution in [-0.4, -0.2) is 34.9 Å². The van der Waals surface area contributed by atoms with Crippen molar-refractivity contribution in [3.63, 3.8) is 0 Å². The quantitative estimate of drug-likeness (QED) is 0.0422. The smallest absolute Gasteiger partial charge is 0.220 e. The monoisotopic (exact) mass is 840 g/mol. The molecule has 0 aromatic carbocycles. The van der Waals surface area contributed by atoms with Gasteiger partial charge in [-0.05, 0) is 64.2 Å². The van der Waals surface area contributed by atoms with E-state index >= 15 is 0 Å². The molecule has 0 radical (unpaired) electrons. The average Bonchev–Trinajstić information content (AvgIpc) is 3.25. The van der Waals surface area contributed by atoms with E-state index in [1.807, 2.05) is 6.08 Å². The number of aliphatic hydroxyl groups is 2. The van der Waals surface area contributed by atoms with Crippen molar-refractivity contribution in [3.05, 3.63) is 48.6 Å². The Balaban J connectivity index is 3.42. The van der Waals surface area contributed by atoms with Crippen molar-refractivity contribution in [3.8, 4) is 0 Å². The molecule has 0 aliphatic heterocycles. The Kier molecular flexibility index (Phi) is 50.3. The van der Waals surface area contributed by atoms with E-state index in [2.05, 4.69) is 55.6 Å². The number of allylic oxidation sites excluding steroid dienone is 7. The fraction of sp³-hybridized carbons (Fsp3) is 0.839. The Morgan fingerprint density at radius 3 is 1.07 bits per heavy atom. The summed E-state index contributed by atoms with van der Waals surface area (Å²) in [5.74, 6) is -0.0736. The van der Waals surface area contributed by atoms with E-state index in [9.17, 15) is 15.0 Å². The van der Waals surface area contributed by atoms with Crippen molar-refractivity contribution in [2.24, 2.45) is 0 Å². The number of aliphatic hydroxyl groups excluding tert-OH is 2. The van der Waals surface area contributed by atoms with Gasteiger partial charge in [-0.1, -0.05) is 262 Å². The van der Waals surface area contributed by atoms with Gasteiger partial charge in [0.1, 0.15) is 0 Å². The summed E-state index contributed by atoms with van der Waals surface area (Å²) in [5.41, 5.74) is 0. The third kappa shape index (κ3) is 47.4. The Morgan fingerprint density at radius 1 is 0.400 bits per heavy atom. The first-order valence-corrected chi connectivity index (χ1v) is 26.9. The SMILES string of the molecule is CCCCCCC/C=C/CC/C=C/C(O)C(CO)NC(=O)CCCCCCCCCCCCCCCCCCC/C=C\C/C=C\CCCCCCCCCCCCCCC. The van der Waals surface area contributed by atoms with Crippen molar-refractivity contribution in [1.29, 1.82) is 0 Å². The lowest BCUT2D eigenvalue weighted by Gasteiger charge is -2.19. The molecule has 0 fully saturated rings. The van der Waals surface area contributed by atoms with Crippen molar-refractivity contribution in [1.82, 2.24) is 5.32 Å². The number of hydrogen-bond donors (Lipinski definition) is 3. The molecular formula is C56H105NO3. The van der Waals surface area contributed by atoms with Crippen LogP contribution in [0.25, 0.3) is 0 Å². The first-order valence-electron chi connectivity index (χ1n) is 26.9. The molecule has 1 amide bonds. The molecule has 0 bridgehead atoms. The first-order chi connectivity index (χ1) is 29.7. The van der Waals surface area contributed by atoms with E-state index in [4.69, 9.17) is 0 Å². The summed E-state index contributed by atoms with van der Waals surface area (Å²) < 4.78 is 0. The molecule has 0 aliphatic carbocycles. The van der Waals surface area contributed by atoms with Crippen molar-refractivity contribution in [2.75, 3.05) is 6.61 Å². The van der Waals surface area contributed by atoms with Gasteiger partial charge in [0.15, 0.2) is 0 Å². The second-order valence-electron chi connectivity index (χ2n) is 18.3. The maximum Gasteiger partial charge on any atom is 0.220 e. The Bertz CT molecular complexity index is 954. The number of unbranched alkanes of at least 4 members (excludes halogenated alkanes) is 36. The van der Waals surface area contributed by atoms with Crippen LogP contribution in [0.3, 0.4) is 0 Å². The molecule has 0 spiro atoms. The summed E-state index contributed by atoms with van der Waals surface area (Å²) in [5, 5.41) is 23.0. The molecule has 352 valence electrons. The lowest BCUT2D eigenvalue weighted by molar-refractivity contribution is -0.123. The molecule has 0 aliphatic rings. The Morgan fingerprint density at radius 2 is 0.700 bits per heavy atom. The van der Waals surface area contributed by atoms with E-state index in [1.165, 1.54) is 225 Å². The van der Waals surface area contributed by atoms with Gasteiger partial charge >= 0.3 is 0 Å². The molecule has 0 saturated heterocycles. The van der Waals surface area contributed by atoms with Crippen LogP contribution < -0.4 is 5.32 Å². The third-order valence-electron chi connectivity index (χ3n) is 12.3. The molecule has 2 unspecified atom stereocenters. The molecule has 60 heavy (non-hydrogen) atoms. The van der Waals surface area contributed by atoms with E-state index in [0.717, 1.165) is 38.5 Å². The molecule has 0 aromatic rings. The van der Waals surface area contributed by atoms with Gasteiger partial charge in [-0.3, -0.25) is 4.79 Å². The van der Waals surface area contributed by atoms with Crippen molar-refractivity contribution >= 4 is 5.91 Å². The topological polar surface area (TPSA) is 69.6 Å². The standard InChI is InChI=1S/C56H105NO3/c1-3-5-7-9-11-13-15-16-17-18-19-20-21-22-23-24-25-26-27-28-29-30-31-32-33-34-35-36-37-38-39-40-42-44-46-48-50-52-56(60)57-54(53-58)55(59)51-49-47-45-43-41-14-12-10-8-6-4-2/h23-24,26-27,41,43,49,51,54-55,58-59H,3-22,25,28-40,42,44-48,50,52-53H2,1-2H3,(H,57,60)/b24-23-,27-26-,43-41+,51-49+. The van der Waals surface area contributed by atoms with Crippen LogP contribution in [0.1, 0.15) is 284 Å². The normalized spacial score (nSPS) is 13.2. The second-order valence-corrected chi connectivity index (χ2v) is 18.3. The van der Waals surface area contributed by atoms with E-state index < -0.39 is 12.1 Å². The Hall–Kier alpha value is -1.65. The van der Waals surface area contributed by atoms with Crippen LogP contribution in [0.4, 0.5) is 0 Å². The number of amides is 1. The molecule has 0 heterocycles. The summed E-state index contributed by atoms with van der Waals surface area (Å²) in [7, 11) is 0. The second kappa shape index (κ2) is 51.7. The van der Waals surface area contributed by atoms with Crippen molar-refractivity contribution in [2.45, 2.75) is 296 Å². The van der Waals surface area contributed by atoms with E-state index in [1.54, 1.807) is 6.08 Å². The highest BCUT2D eigenvalue weighted by molar-refractivity contribution is 5.76. The number of carbonyl (C=O) groups excluding carboxylic acids is 1. The number of rotatable bonds is 49. The fourth-order valence-electron chi connectivity index (χ4n) is 8.17. The van der Waals surface area contributed by atoms with Crippen LogP contribution in [0.5, 0.6) is 0 Å². The largest absolute Gasteiger partial charge is 0.394 e. The highest BCUT2D eigenvalue weighted by Crippen LogP contribution is 2.16. The molecule has 4 nitrogen and oxygen atoms in total. The maximum absolute atomic E-state index is 12.4. The van der Waals surface area contributed by atoms with Gasteiger partial charge in [0.2, 0.25) is 5.91 Å². The molecule has 3 N–H and O–H groups in total. The molecule has 0 saturated carbocycles. The van der Waals surface area contributed by atoms with Gasteiger partial charge in [-0.15, -0.1) is 0 Å². The van der Waals surface area contributed by atoms with Crippen LogP contribution in [0.15, 0.2) is 48.6 Å². The fourth-order valence-corrected chi connectivity index (χ4v) is 8.17. The Labute approximate surface area is 375 Å². The van der Waals surface area contributed by atoms with Gasteiger partial charge in [0, 0.05) is 6.42 Å². The predicted molar refractivity (Wildman–Crippen MR) is 267 cm³/mol. The van der Waals surface area contributed by atoms with Gasteiger partial charge in [-0.25, -0.2) is 0 Å². The van der Waals surface area contributed by atoms with Crippen LogP contribution in [0.2, 0.25) is 0 Å². The van der Waals surface area contributed by atoms with Gasteiger partial charge in [0.05, 0.1) is 18.8 Å². The zero-order valence-corrected chi connectivity index (χ0v) is 40.5. The zero-order valence-electron chi connectivity index (χ0n) is 40.5. The highest BCUT2D eigenvalue weighted by Gasteiger charge is 2.17. The van der Waals surface area contributed by atoms with E-state index in [0.29, 0.717) is 6.42 Å². The minimum Gasteiger partial charge on any atom is -0.394 e. The first kappa shape index (κ1) is 58.4. The minimum atomic E-state index is -0.860. The van der Waals surface area contributed by atoms with Crippen LogP contribution in [-0.2, 0) is 4.79 Å². The summed E-state index contributed by atoms with van der Waals surface area (Å²) in [6.07, 6.45) is 71.4. The van der Waals surface area contributed by atoms with Crippen LogP contribution >= 0.6 is 0 Å². The van der Waals surface area contributed by atoms with Gasteiger partial charge in [-0.2, -0.15) is 0 Å². The summed E-state index contributed by atoms with van der Waals surface area (Å²) in [6, 6.07) is -0.637. The number of hydrogen-bond acceptors (Lipinski definition) is 3. The molecule has 4 heteroatoms. The lowest BCUT2D eigenvalue weighted by Crippen LogP contribution is -2.45. The maximum atomic E-state index is 12.4. The zero-order chi connectivity index (χ0) is 43.5. The van der Waals surface area contributed by atoms with E-state index in [-0.39, 0.29) is 12.5 Å². The molecule has 0 aromatic heterocycles. The molecule has 2 atom stereocenters. The predicted octanol–water partition coefficient (Wildman–Crippen LogP) is 17.5. The number of nitrogens with one attached hydrogen (secondary N) is 1. The van der Waals surface area contributed by atoms with Gasteiger partial charge in [0.25, 0.3) is 0 Å². The highest BCUT2D eigenvalue weighted by atomic mass is 16.3. The van der Waals surface area contributed by atoms with Crippen LogP contribution in [0, 0.1) is 0 Å². The molecular weight excluding hydrogens is 735 g/mol. The third-order valence-corrected chi connectivity index (χ3v) is 12.3.